The Bertz CT molecular complexity index is 879. The third-order valence-electron chi connectivity index (χ3n) is 5.77. The number of terminal acetylenes is 1. The number of rotatable bonds is 9. The monoisotopic (exact) mass is 391 g/mol. The number of pyridine rings is 1. The van der Waals surface area contributed by atoms with Gasteiger partial charge in [-0.05, 0) is 56.4 Å². The van der Waals surface area contributed by atoms with E-state index in [-0.39, 0.29) is 6.61 Å². The summed E-state index contributed by atoms with van der Waals surface area (Å²) >= 11 is 0. The summed E-state index contributed by atoms with van der Waals surface area (Å²) in [5.41, 5.74) is 3.96. The maximum Gasteiger partial charge on any atom is 0.148 e. The van der Waals surface area contributed by atoms with E-state index in [0.29, 0.717) is 0 Å². The van der Waals surface area contributed by atoms with Crippen LogP contribution < -0.4 is 9.47 Å². The minimum Gasteiger partial charge on any atom is -0.482 e. The van der Waals surface area contributed by atoms with Crippen molar-refractivity contribution in [2.24, 2.45) is 5.92 Å². The Morgan fingerprint density at radius 3 is 2.83 bits per heavy atom. The minimum absolute atomic E-state index is 0.238. The van der Waals surface area contributed by atoms with E-state index in [0.717, 1.165) is 40.5 Å². The fourth-order valence-electron chi connectivity index (χ4n) is 4.12. The number of hydrogen-bond acceptors (Lipinski definition) is 3. The number of hydrogen-bond donors (Lipinski definition) is 0. The maximum atomic E-state index is 6.43. The highest BCUT2D eigenvalue weighted by Gasteiger charge is 2.34. The molecule has 1 aromatic heterocycles. The van der Waals surface area contributed by atoms with Crippen LogP contribution in [0.4, 0.5) is 0 Å². The van der Waals surface area contributed by atoms with Crippen molar-refractivity contribution in [2.45, 2.75) is 71.8 Å². The van der Waals surface area contributed by atoms with Crippen molar-refractivity contribution in [3.63, 3.8) is 0 Å². The average molecular weight is 392 g/mol. The van der Waals surface area contributed by atoms with E-state index in [1.54, 1.807) is 0 Å². The minimum atomic E-state index is -0.416. The van der Waals surface area contributed by atoms with Gasteiger partial charge in [-0.3, -0.25) is 4.98 Å². The van der Waals surface area contributed by atoms with Crippen LogP contribution in [0.1, 0.15) is 70.9 Å². The largest absolute Gasteiger partial charge is 0.482 e. The lowest BCUT2D eigenvalue weighted by atomic mass is 9.86. The summed E-state index contributed by atoms with van der Waals surface area (Å²) in [6.45, 7) is 9.04. The molecule has 29 heavy (non-hydrogen) atoms. The first-order chi connectivity index (χ1) is 14.0. The summed E-state index contributed by atoms with van der Waals surface area (Å²) in [7, 11) is 0. The smallest absolute Gasteiger partial charge is 0.148 e. The molecule has 3 heteroatoms. The Kier molecular flexibility index (Phi) is 6.85. The highest BCUT2D eigenvalue weighted by atomic mass is 16.5. The number of nitrogens with zero attached hydrogens (tertiary/aromatic N) is 1. The van der Waals surface area contributed by atoms with Crippen LogP contribution in [0.15, 0.2) is 30.6 Å². The van der Waals surface area contributed by atoms with Crippen molar-refractivity contribution in [3.05, 3.63) is 41.7 Å². The Hall–Kier alpha value is -2.47. The normalized spacial score (nSPS) is 14.9. The van der Waals surface area contributed by atoms with Gasteiger partial charge in [-0.2, -0.15) is 0 Å². The SMILES string of the molecule is C#CCOc1cc(CCC(C)CCCCC)cc2c1-c1cnccc1C(C)(C)O2. The summed E-state index contributed by atoms with van der Waals surface area (Å²) in [5.74, 6) is 4.95. The Balaban J connectivity index is 1.90. The van der Waals surface area contributed by atoms with Crippen LogP contribution in [0.3, 0.4) is 0 Å². The molecule has 1 aliphatic rings. The lowest BCUT2D eigenvalue weighted by Gasteiger charge is -2.35. The molecule has 1 aliphatic heterocycles. The van der Waals surface area contributed by atoms with Gasteiger partial charge in [0.05, 0.1) is 5.56 Å². The zero-order chi connectivity index (χ0) is 20.9. The fraction of sp³-hybridized carbons (Fsp3) is 0.500. The van der Waals surface area contributed by atoms with E-state index in [2.05, 4.69) is 50.7 Å². The first-order valence-electron chi connectivity index (χ1n) is 10.8. The van der Waals surface area contributed by atoms with Gasteiger partial charge in [-0.25, -0.2) is 0 Å². The van der Waals surface area contributed by atoms with Gasteiger partial charge in [0.15, 0.2) is 0 Å². The number of aryl methyl sites for hydroxylation is 1. The highest BCUT2D eigenvalue weighted by Crippen LogP contribution is 2.49. The van der Waals surface area contributed by atoms with E-state index in [4.69, 9.17) is 15.9 Å². The molecule has 1 atom stereocenters. The number of ether oxygens (including phenoxy) is 2. The summed E-state index contributed by atoms with van der Waals surface area (Å²) in [5, 5.41) is 0. The molecule has 1 aromatic carbocycles. The second kappa shape index (κ2) is 9.35. The Labute approximate surface area is 175 Å². The first-order valence-corrected chi connectivity index (χ1v) is 10.8. The molecule has 1 unspecified atom stereocenters. The molecule has 0 radical (unpaired) electrons. The van der Waals surface area contributed by atoms with Crippen molar-refractivity contribution in [1.82, 2.24) is 4.98 Å². The molecule has 0 fully saturated rings. The van der Waals surface area contributed by atoms with Crippen LogP contribution >= 0.6 is 0 Å². The summed E-state index contributed by atoms with van der Waals surface area (Å²) in [6, 6.07) is 6.33. The van der Waals surface area contributed by atoms with Gasteiger partial charge in [0, 0.05) is 23.5 Å². The lowest BCUT2D eigenvalue weighted by Crippen LogP contribution is -2.29. The first kappa shape index (κ1) is 21.2. The molecular weight excluding hydrogens is 358 g/mol. The van der Waals surface area contributed by atoms with Gasteiger partial charge in [0.2, 0.25) is 0 Å². The maximum absolute atomic E-state index is 6.43. The molecule has 154 valence electrons. The molecular formula is C26H33NO2. The zero-order valence-electron chi connectivity index (χ0n) is 18.3. The number of aromatic nitrogens is 1. The molecule has 0 saturated carbocycles. The summed E-state index contributed by atoms with van der Waals surface area (Å²) in [4.78, 5) is 4.35. The second-order valence-electron chi connectivity index (χ2n) is 8.63. The molecule has 2 heterocycles. The van der Waals surface area contributed by atoms with Crippen LogP contribution in [-0.2, 0) is 12.0 Å². The van der Waals surface area contributed by atoms with E-state index in [1.165, 1.54) is 37.7 Å². The molecule has 0 spiro atoms. The average Bonchev–Trinajstić information content (AvgIpc) is 2.70. The Morgan fingerprint density at radius 2 is 2.07 bits per heavy atom. The van der Waals surface area contributed by atoms with E-state index >= 15 is 0 Å². The van der Waals surface area contributed by atoms with Crippen LogP contribution in [0, 0.1) is 18.3 Å². The fourth-order valence-corrected chi connectivity index (χ4v) is 4.12. The van der Waals surface area contributed by atoms with Crippen molar-refractivity contribution in [3.8, 4) is 35.0 Å². The quantitative estimate of drug-likeness (QED) is 0.359. The van der Waals surface area contributed by atoms with Crippen LogP contribution in [0.5, 0.6) is 11.5 Å². The topological polar surface area (TPSA) is 31.4 Å². The van der Waals surface area contributed by atoms with Crippen LogP contribution in [0.25, 0.3) is 11.1 Å². The molecule has 3 nitrogen and oxygen atoms in total. The summed E-state index contributed by atoms with van der Waals surface area (Å²) in [6.07, 6.45) is 16.6. The van der Waals surface area contributed by atoms with Crippen molar-refractivity contribution in [1.29, 1.82) is 0 Å². The molecule has 3 rings (SSSR count). The van der Waals surface area contributed by atoms with Gasteiger partial charge < -0.3 is 9.47 Å². The highest BCUT2D eigenvalue weighted by molar-refractivity contribution is 5.81. The molecule has 0 bridgehead atoms. The lowest BCUT2D eigenvalue weighted by molar-refractivity contribution is 0.105. The Morgan fingerprint density at radius 1 is 1.24 bits per heavy atom. The van der Waals surface area contributed by atoms with Crippen LogP contribution in [0.2, 0.25) is 0 Å². The molecule has 0 saturated heterocycles. The van der Waals surface area contributed by atoms with Gasteiger partial charge in [0.25, 0.3) is 0 Å². The van der Waals surface area contributed by atoms with E-state index in [1.807, 2.05) is 18.5 Å². The number of benzene rings is 1. The molecule has 0 N–H and O–H groups in total. The van der Waals surface area contributed by atoms with Crippen molar-refractivity contribution in [2.75, 3.05) is 6.61 Å². The van der Waals surface area contributed by atoms with Crippen LogP contribution in [-0.4, -0.2) is 11.6 Å². The number of fused-ring (bicyclic) bond motifs is 3. The number of unbranched alkanes of at least 4 members (excludes halogenated alkanes) is 2. The predicted molar refractivity (Wildman–Crippen MR) is 119 cm³/mol. The third kappa shape index (κ3) is 4.93. The van der Waals surface area contributed by atoms with Crippen molar-refractivity contribution >= 4 is 0 Å². The molecule has 2 aromatic rings. The van der Waals surface area contributed by atoms with E-state index in [9.17, 15) is 0 Å². The molecule has 0 amide bonds. The van der Waals surface area contributed by atoms with Gasteiger partial charge in [0.1, 0.15) is 23.7 Å². The van der Waals surface area contributed by atoms with Gasteiger partial charge in [-0.15, -0.1) is 6.42 Å². The molecule has 0 aliphatic carbocycles. The second-order valence-corrected chi connectivity index (χ2v) is 8.63. The van der Waals surface area contributed by atoms with Crippen molar-refractivity contribution < 1.29 is 9.47 Å². The van der Waals surface area contributed by atoms with Gasteiger partial charge in [-0.1, -0.05) is 45.5 Å². The standard InChI is InChI=1S/C26H33NO2/c1-6-8-9-10-19(3)11-12-20-16-23(28-15-7-2)25-21-18-27-14-13-22(21)26(4,5)29-24(25)17-20/h2,13-14,16-19H,6,8-12,15H2,1,3-5H3. The zero-order valence-corrected chi connectivity index (χ0v) is 18.3. The summed E-state index contributed by atoms with van der Waals surface area (Å²) < 4.78 is 12.4. The van der Waals surface area contributed by atoms with Gasteiger partial charge >= 0.3 is 0 Å². The predicted octanol–water partition coefficient (Wildman–Crippen LogP) is 6.54. The third-order valence-corrected chi connectivity index (χ3v) is 5.77. The van der Waals surface area contributed by atoms with E-state index < -0.39 is 5.60 Å².